The first-order valence-electron chi connectivity index (χ1n) is 10.0. The second-order valence-corrected chi connectivity index (χ2v) is 7.43. The van der Waals surface area contributed by atoms with Gasteiger partial charge in [-0.2, -0.15) is 5.10 Å². The van der Waals surface area contributed by atoms with Crippen molar-refractivity contribution < 1.29 is 0 Å². The van der Waals surface area contributed by atoms with Gasteiger partial charge in [0.1, 0.15) is 5.69 Å². The lowest BCUT2D eigenvalue weighted by molar-refractivity contribution is 0.313. The maximum Gasteiger partial charge on any atom is 0.131 e. The fraction of sp³-hybridized carbons (Fsp3) is 0.261. The second kappa shape index (κ2) is 8.84. The molecular formula is C23H28N6. The van der Waals surface area contributed by atoms with Crippen LogP contribution in [0.2, 0.25) is 0 Å². The van der Waals surface area contributed by atoms with Crippen molar-refractivity contribution in [3.63, 3.8) is 0 Å². The van der Waals surface area contributed by atoms with Gasteiger partial charge in [-0.25, -0.2) is 0 Å². The Labute approximate surface area is 172 Å². The van der Waals surface area contributed by atoms with Gasteiger partial charge in [0.2, 0.25) is 0 Å². The van der Waals surface area contributed by atoms with Gasteiger partial charge in [-0.3, -0.25) is 5.10 Å². The third-order valence-corrected chi connectivity index (χ3v) is 5.28. The number of aromatic nitrogens is 2. The van der Waals surface area contributed by atoms with Crippen molar-refractivity contribution >= 4 is 22.8 Å². The van der Waals surface area contributed by atoms with Gasteiger partial charge in [0.05, 0.1) is 11.4 Å². The van der Waals surface area contributed by atoms with Crippen LogP contribution in [0.5, 0.6) is 0 Å². The maximum absolute atomic E-state index is 4.36. The molecule has 0 amide bonds. The fourth-order valence-electron chi connectivity index (χ4n) is 3.50. The highest BCUT2D eigenvalue weighted by Crippen LogP contribution is 2.25. The number of benzene rings is 2. The Bertz CT molecular complexity index is 924. The SMILES string of the molecule is C=C(Nc1ccc(N2CCN(C)CC2)cc1)c1n[nH]cc1NCc1ccccc1. The van der Waals surface area contributed by atoms with E-state index in [-0.39, 0.29) is 0 Å². The Morgan fingerprint density at radius 3 is 2.48 bits per heavy atom. The number of likely N-dealkylation sites (N-methyl/N-ethyl adjacent to an activating group) is 1. The first-order valence-corrected chi connectivity index (χ1v) is 10.0. The molecule has 1 aliphatic heterocycles. The number of nitrogens with zero attached hydrogens (tertiary/aromatic N) is 3. The van der Waals surface area contributed by atoms with Crippen LogP contribution in [0.3, 0.4) is 0 Å². The lowest BCUT2D eigenvalue weighted by Gasteiger charge is -2.34. The Morgan fingerprint density at radius 1 is 1.03 bits per heavy atom. The molecule has 1 fully saturated rings. The van der Waals surface area contributed by atoms with Crippen molar-refractivity contribution in [3.8, 4) is 0 Å². The number of hydrogen-bond acceptors (Lipinski definition) is 5. The highest BCUT2D eigenvalue weighted by molar-refractivity contribution is 5.80. The summed E-state index contributed by atoms with van der Waals surface area (Å²) in [4.78, 5) is 4.79. The van der Waals surface area contributed by atoms with Gasteiger partial charge in [-0.05, 0) is 36.9 Å². The van der Waals surface area contributed by atoms with Crippen LogP contribution >= 0.6 is 0 Å². The summed E-state index contributed by atoms with van der Waals surface area (Å²) in [5.74, 6) is 0. The minimum Gasteiger partial charge on any atom is -0.378 e. The van der Waals surface area contributed by atoms with Crippen molar-refractivity contribution in [1.82, 2.24) is 15.1 Å². The summed E-state index contributed by atoms with van der Waals surface area (Å²) in [6, 6.07) is 18.8. The summed E-state index contributed by atoms with van der Waals surface area (Å²) in [6.07, 6.45) is 1.86. The summed E-state index contributed by atoms with van der Waals surface area (Å²) in [5, 5.41) is 14.1. The predicted octanol–water partition coefficient (Wildman–Crippen LogP) is 3.86. The molecule has 6 heteroatoms. The van der Waals surface area contributed by atoms with Crippen LogP contribution in [0.4, 0.5) is 17.1 Å². The average Bonchev–Trinajstić information content (AvgIpc) is 3.23. The summed E-state index contributed by atoms with van der Waals surface area (Å²) >= 11 is 0. The molecule has 0 bridgehead atoms. The number of piperazine rings is 1. The summed E-state index contributed by atoms with van der Waals surface area (Å²) < 4.78 is 0. The molecule has 150 valence electrons. The zero-order valence-electron chi connectivity index (χ0n) is 16.9. The smallest absolute Gasteiger partial charge is 0.131 e. The highest BCUT2D eigenvalue weighted by atomic mass is 15.2. The van der Waals surface area contributed by atoms with Crippen LogP contribution in [0, 0.1) is 0 Å². The number of nitrogens with one attached hydrogen (secondary N) is 3. The van der Waals surface area contributed by atoms with Crippen LogP contribution in [0.1, 0.15) is 11.3 Å². The molecule has 1 aromatic heterocycles. The van der Waals surface area contributed by atoms with E-state index in [2.05, 4.69) is 80.7 Å². The zero-order valence-corrected chi connectivity index (χ0v) is 16.9. The van der Waals surface area contributed by atoms with Crippen LogP contribution in [0.15, 0.2) is 67.4 Å². The van der Waals surface area contributed by atoms with E-state index in [1.165, 1.54) is 11.3 Å². The topological polar surface area (TPSA) is 59.2 Å². The second-order valence-electron chi connectivity index (χ2n) is 7.43. The van der Waals surface area contributed by atoms with Gasteiger partial charge in [-0.15, -0.1) is 0 Å². The van der Waals surface area contributed by atoms with Gasteiger partial charge in [0, 0.05) is 50.3 Å². The summed E-state index contributed by atoms with van der Waals surface area (Å²) in [5.41, 5.74) is 5.97. The Kier molecular flexibility index (Phi) is 5.81. The van der Waals surface area contributed by atoms with Crippen LogP contribution in [0.25, 0.3) is 5.70 Å². The molecule has 2 aromatic carbocycles. The van der Waals surface area contributed by atoms with E-state index in [0.29, 0.717) is 0 Å². The fourth-order valence-corrected chi connectivity index (χ4v) is 3.50. The molecule has 6 nitrogen and oxygen atoms in total. The number of H-pyrrole nitrogens is 1. The molecule has 1 saturated heterocycles. The number of aromatic amines is 1. The lowest BCUT2D eigenvalue weighted by Crippen LogP contribution is -2.44. The van der Waals surface area contributed by atoms with Gasteiger partial charge in [-0.1, -0.05) is 36.9 Å². The molecule has 4 rings (SSSR count). The van der Waals surface area contributed by atoms with E-state index in [9.17, 15) is 0 Å². The van der Waals surface area contributed by atoms with Crippen molar-refractivity contribution in [2.75, 3.05) is 48.8 Å². The molecule has 1 aliphatic rings. The largest absolute Gasteiger partial charge is 0.378 e. The van der Waals surface area contributed by atoms with Gasteiger partial charge >= 0.3 is 0 Å². The van der Waals surface area contributed by atoms with E-state index in [0.717, 1.165) is 55.5 Å². The highest BCUT2D eigenvalue weighted by Gasteiger charge is 2.14. The first-order chi connectivity index (χ1) is 14.2. The molecule has 0 spiro atoms. The molecule has 0 unspecified atom stereocenters. The van der Waals surface area contributed by atoms with Crippen molar-refractivity contribution in [1.29, 1.82) is 0 Å². The van der Waals surface area contributed by atoms with Gasteiger partial charge < -0.3 is 20.4 Å². The third-order valence-electron chi connectivity index (χ3n) is 5.28. The molecule has 3 N–H and O–H groups in total. The summed E-state index contributed by atoms with van der Waals surface area (Å²) in [6.45, 7) is 9.27. The van der Waals surface area contributed by atoms with E-state index in [1.807, 2.05) is 24.4 Å². The van der Waals surface area contributed by atoms with Gasteiger partial charge in [0.15, 0.2) is 0 Å². The molecule has 0 radical (unpaired) electrons. The van der Waals surface area contributed by atoms with Gasteiger partial charge in [0.25, 0.3) is 0 Å². The van der Waals surface area contributed by atoms with Crippen LogP contribution in [-0.2, 0) is 6.54 Å². The van der Waals surface area contributed by atoms with Crippen molar-refractivity contribution in [3.05, 3.63) is 78.6 Å². The quantitative estimate of drug-likeness (QED) is 0.574. The van der Waals surface area contributed by atoms with E-state index >= 15 is 0 Å². The van der Waals surface area contributed by atoms with Crippen molar-refractivity contribution in [2.24, 2.45) is 0 Å². The van der Waals surface area contributed by atoms with Crippen LogP contribution in [-0.4, -0.2) is 48.3 Å². The third kappa shape index (κ3) is 4.78. The molecule has 0 atom stereocenters. The zero-order chi connectivity index (χ0) is 20.1. The van der Waals surface area contributed by atoms with E-state index in [1.54, 1.807) is 0 Å². The molecular weight excluding hydrogens is 360 g/mol. The molecule has 0 saturated carbocycles. The Balaban J connectivity index is 1.36. The predicted molar refractivity (Wildman–Crippen MR) is 121 cm³/mol. The average molecular weight is 389 g/mol. The monoisotopic (exact) mass is 388 g/mol. The van der Waals surface area contributed by atoms with Crippen LogP contribution < -0.4 is 15.5 Å². The van der Waals surface area contributed by atoms with Crippen molar-refractivity contribution in [2.45, 2.75) is 6.54 Å². The minimum absolute atomic E-state index is 0.736. The maximum atomic E-state index is 4.36. The standard InChI is InChI=1S/C23H28N6/c1-18(23-22(17-25-27-23)24-16-19-6-4-3-5-7-19)26-20-8-10-21(11-9-20)29-14-12-28(2)13-15-29/h3-11,17,24,26H,1,12-16H2,2H3,(H,25,27). The number of anilines is 3. The van der Waals surface area contributed by atoms with E-state index < -0.39 is 0 Å². The molecule has 3 aromatic rings. The Morgan fingerprint density at radius 2 is 1.76 bits per heavy atom. The normalized spacial score (nSPS) is 14.6. The number of rotatable bonds is 7. The minimum atomic E-state index is 0.736. The van der Waals surface area contributed by atoms with E-state index in [4.69, 9.17) is 0 Å². The lowest BCUT2D eigenvalue weighted by atomic mass is 10.2. The first kappa shape index (κ1) is 19.1. The molecule has 0 aliphatic carbocycles. The molecule has 2 heterocycles. The Hall–Kier alpha value is -3.25. The molecule has 29 heavy (non-hydrogen) atoms. The number of hydrogen-bond donors (Lipinski definition) is 3. The summed E-state index contributed by atoms with van der Waals surface area (Å²) in [7, 11) is 2.17.